The third-order valence-corrected chi connectivity index (χ3v) is 3.01. The quantitative estimate of drug-likeness (QED) is 0.653. The molecule has 1 aromatic rings. The van der Waals surface area contributed by atoms with Crippen LogP contribution in [-0.2, 0) is 4.79 Å². The second kappa shape index (κ2) is 7.94. The van der Waals surface area contributed by atoms with Gasteiger partial charge in [-0.2, -0.15) is 0 Å². The van der Waals surface area contributed by atoms with Crippen LogP contribution in [0.15, 0.2) is 24.3 Å². The fourth-order valence-electron chi connectivity index (χ4n) is 1.68. The van der Waals surface area contributed by atoms with Crippen LogP contribution in [-0.4, -0.2) is 47.1 Å². The van der Waals surface area contributed by atoms with Crippen LogP contribution < -0.4 is 11.1 Å². The number of hydrogen-bond donors (Lipinski definition) is 3. The van der Waals surface area contributed by atoms with E-state index < -0.39 is 0 Å². The Balaban J connectivity index is 2.49. The summed E-state index contributed by atoms with van der Waals surface area (Å²) in [4.78, 5) is 14.0. The molecule has 0 saturated carbocycles. The highest BCUT2D eigenvalue weighted by Crippen LogP contribution is 2.10. The van der Waals surface area contributed by atoms with Gasteiger partial charge in [-0.15, -0.1) is 0 Å². The fourth-order valence-corrected chi connectivity index (χ4v) is 1.81. The monoisotopic (exact) mass is 295 g/mol. The minimum Gasteiger partial charge on any atom is -0.393 e. The van der Waals surface area contributed by atoms with Crippen LogP contribution in [0.5, 0.6) is 0 Å². The van der Waals surface area contributed by atoms with Crippen LogP contribution in [0.3, 0.4) is 0 Å². The fraction of sp³-hybridized carbons (Fsp3) is 0.429. The minimum absolute atomic E-state index is 0.113. The standard InChI is InChI=1S/C14H21N3O2S/c1-10(18)6-7-17(2)9-13(19)16-12-5-3-4-11(8-12)14(15)20/h3-5,8,10,18H,6-7,9H2,1-2H3,(H2,15,20)(H,16,19). The van der Waals surface area contributed by atoms with Gasteiger partial charge in [0.15, 0.2) is 0 Å². The number of amides is 1. The zero-order valence-corrected chi connectivity index (χ0v) is 12.6. The lowest BCUT2D eigenvalue weighted by molar-refractivity contribution is -0.117. The first kappa shape index (κ1) is 16.6. The van der Waals surface area contributed by atoms with Crippen molar-refractivity contribution in [1.82, 2.24) is 4.90 Å². The predicted octanol–water partition coefficient (Wildman–Crippen LogP) is 0.962. The average molecular weight is 295 g/mol. The van der Waals surface area contributed by atoms with Crippen LogP contribution in [0.1, 0.15) is 18.9 Å². The Labute approximate surface area is 124 Å². The molecule has 1 atom stereocenters. The number of nitrogens with one attached hydrogen (secondary N) is 1. The number of benzene rings is 1. The number of rotatable bonds is 7. The highest BCUT2D eigenvalue weighted by molar-refractivity contribution is 7.80. The third-order valence-electron chi connectivity index (χ3n) is 2.77. The maximum absolute atomic E-state index is 11.9. The van der Waals surface area contributed by atoms with Crippen molar-refractivity contribution in [2.75, 3.05) is 25.5 Å². The molecule has 0 aliphatic rings. The van der Waals surface area contributed by atoms with Gasteiger partial charge >= 0.3 is 0 Å². The van der Waals surface area contributed by atoms with E-state index in [2.05, 4.69) is 5.32 Å². The zero-order chi connectivity index (χ0) is 15.1. The molecule has 0 aliphatic carbocycles. The first-order valence-corrected chi connectivity index (χ1v) is 6.85. The van der Waals surface area contributed by atoms with E-state index in [9.17, 15) is 9.90 Å². The molecule has 0 bridgehead atoms. The lowest BCUT2D eigenvalue weighted by Gasteiger charge is -2.17. The van der Waals surface area contributed by atoms with Gasteiger partial charge in [0.1, 0.15) is 4.99 Å². The normalized spacial score (nSPS) is 12.2. The highest BCUT2D eigenvalue weighted by Gasteiger charge is 2.08. The summed E-state index contributed by atoms with van der Waals surface area (Å²) in [5.41, 5.74) is 6.94. The van der Waals surface area contributed by atoms with Crippen LogP contribution in [0, 0.1) is 0 Å². The van der Waals surface area contributed by atoms with E-state index in [4.69, 9.17) is 18.0 Å². The smallest absolute Gasteiger partial charge is 0.238 e. The summed E-state index contributed by atoms with van der Waals surface area (Å²) in [7, 11) is 1.84. The largest absolute Gasteiger partial charge is 0.393 e. The van der Waals surface area contributed by atoms with Gasteiger partial charge in [-0.25, -0.2) is 0 Å². The Hall–Kier alpha value is -1.50. The van der Waals surface area contributed by atoms with Crippen molar-refractivity contribution in [3.63, 3.8) is 0 Å². The summed E-state index contributed by atoms with van der Waals surface area (Å²) in [5.74, 6) is -0.113. The van der Waals surface area contributed by atoms with E-state index in [0.717, 1.165) is 5.56 Å². The molecule has 0 fully saturated rings. The van der Waals surface area contributed by atoms with E-state index >= 15 is 0 Å². The number of carbonyl (C=O) groups excluding carboxylic acids is 1. The molecule has 0 spiro atoms. The third kappa shape index (κ3) is 6.10. The van der Waals surface area contributed by atoms with E-state index in [1.165, 1.54) is 0 Å². The molecule has 0 heterocycles. The highest BCUT2D eigenvalue weighted by atomic mass is 32.1. The Morgan fingerprint density at radius 2 is 2.25 bits per heavy atom. The Morgan fingerprint density at radius 1 is 1.55 bits per heavy atom. The van der Waals surface area contributed by atoms with Gasteiger partial charge in [0.2, 0.25) is 5.91 Å². The number of thiocarbonyl (C=S) groups is 1. The molecule has 0 aromatic heterocycles. The van der Waals surface area contributed by atoms with Crippen molar-refractivity contribution in [3.05, 3.63) is 29.8 Å². The lowest BCUT2D eigenvalue weighted by Crippen LogP contribution is -2.32. The molecule has 0 radical (unpaired) electrons. The van der Waals surface area contributed by atoms with Crippen LogP contribution in [0.25, 0.3) is 0 Å². The summed E-state index contributed by atoms with van der Waals surface area (Å²) in [6.07, 6.45) is 0.281. The number of anilines is 1. The van der Waals surface area contributed by atoms with E-state index in [-0.39, 0.29) is 18.6 Å². The van der Waals surface area contributed by atoms with Gasteiger partial charge in [0.25, 0.3) is 0 Å². The van der Waals surface area contributed by atoms with Gasteiger partial charge in [-0.1, -0.05) is 24.4 Å². The summed E-state index contributed by atoms with van der Waals surface area (Å²) in [6.45, 7) is 2.66. The lowest BCUT2D eigenvalue weighted by atomic mass is 10.2. The first-order chi connectivity index (χ1) is 9.38. The van der Waals surface area contributed by atoms with Crippen molar-refractivity contribution in [3.8, 4) is 0 Å². The summed E-state index contributed by atoms with van der Waals surface area (Å²) >= 11 is 4.90. The Kier molecular flexibility index (Phi) is 6.57. The topological polar surface area (TPSA) is 78.6 Å². The molecule has 0 aliphatic heterocycles. The summed E-state index contributed by atoms with van der Waals surface area (Å²) < 4.78 is 0. The number of aliphatic hydroxyl groups is 1. The first-order valence-electron chi connectivity index (χ1n) is 6.45. The number of nitrogens with two attached hydrogens (primary N) is 1. The van der Waals surface area contributed by atoms with Gasteiger partial charge in [-0.05, 0) is 32.5 Å². The van der Waals surface area contributed by atoms with E-state index in [0.29, 0.717) is 23.6 Å². The number of hydrogen-bond acceptors (Lipinski definition) is 4. The van der Waals surface area contributed by atoms with Crippen molar-refractivity contribution >= 4 is 28.8 Å². The zero-order valence-electron chi connectivity index (χ0n) is 11.8. The van der Waals surface area contributed by atoms with Gasteiger partial charge in [0, 0.05) is 17.8 Å². The van der Waals surface area contributed by atoms with Crippen molar-refractivity contribution in [2.24, 2.45) is 5.73 Å². The molecule has 1 rings (SSSR count). The molecule has 0 saturated heterocycles. The van der Waals surface area contributed by atoms with Crippen molar-refractivity contribution in [1.29, 1.82) is 0 Å². The minimum atomic E-state index is -0.359. The second-order valence-corrected chi connectivity index (χ2v) is 5.31. The molecule has 5 nitrogen and oxygen atoms in total. The maximum Gasteiger partial charge on any atom is 0.238 e. The van der Waals surface area contributed by atoms with Crippen molar-refractivity contribution in [2.45, 2.75) is 19.4 Å². The molecular weight excluding hydrogens is 274 g/mol. The SMILES string of the molecule is CC(O)CCN(C)CC(=O)Nc1cccc(C(N)=S)c1. The molecule has 1 unspecified atom stereocenters. The molecular formula is C14H21N3O2S. The molecule has 20 heavy (non-hydrogen) atoms. The van der Waals surface area contributed by atoms with Crippen LogP contribution >= 0.6 is 12.2 Å². The molecule has 6 heteroatoms. The summed E-state index contributed by atoms with van der Waals surface area (Å²) in [5, 5.41) is 12.0. The number of likely N-dealkylation sites (N-methyl/N-ethyl adjacent to an activating group) is 1. The maximum atomic E-state index is 11.9. The second-order valence-electron chi connectivity index (χ2n) is 4.87. The van der Waals surface area contributed by atoms with Crippen molar-refractivity contribution < 1.29 is 9.90 Å². The predicted molar refractivity (Wildman–Crippen MR) is 84.8 cm³/mol. The number of carbonyl (C=O) groups is 1. The molecule has 110 valence electrons. The van der Waals surface area contributed by atoms with E-state index in [1.807, 2.05) is 11.9 Å². The number of aliphatic hydroxyl groups excluding tert-OH is 1. The van der Waals surface area contributed by atoms with Gasteiger partial charge < -0.3 is 16.2 Å². The van der Waals surface area contributed by atoms with Gasteiger partial charge in [-0.3, -0.25) is 9.69 Å². The van der Waals surface area contributed by atoms with Crippen LogP contribution in [0.2, 0.25) is 0 Å². The number of nitrogens with zero attached hydrogens (tertiary/aromatic N) is 1. The Morgan fingerprint density at radius 3 is 2.85 bits per heavy atom. The van der Waals surface area contributed by atoms with E-state index in [1.54, 1.807) is 31.2 Å². The molecule has 4 N–H and O–H groups in total. The molecule has 1 amide bonds. The molecule has 1 aromatic carbocycles. The van der Waals surface area contributed by atoms with Crippen LogP contribution in [0.4, 0.5) is 5.69 Å². The average Bonchev–Trinajstić information content (AvgIpc) is 2.36. The summed E-state index contributed by atoms with van der Waals surface area (Å²) in [6, 6.07) is 7.12. The Bertz CT molecular complexity index is 477. The van der Waals surface area contributed by atoms with Gasteiger partial charge in [0.05, 0.1) is 12.6 Å².